The highest BCUT2D eigenvalue weighted by Crippen LogP contribution is 2.26. The summed E-state index contributed by atoms with van der Waals surface area (Å²) in [5.74, 6) is 1.21. The molecule has 0 bridgehead atoms. The first-order valence-electron chi connectivity index (χ1n) is 5.77. The number of aromatic nitrogens is 3. The van der Waals surface area contributed by atoms with Gasteiger partial charge < -0.3 is 9.63 Å². The van der Waals surface area contributed by atoms with E-state index >= 15 is 0 Å². The predicted octanol–water partition coefficient (Wildman–Crippen LogP) is 2.81. The molecule has 0 saturated carbocycles. The normalized spacial score (nSPS) is 10.6. The van der Waals surface area contributed by atoms with Crippen molar-refractivity contribution in [2.75, 3.05) is 0 Å². The summed E-state index contributed by atoms with van der Waals surface area (Å²) < 4.78 is 4.97. The molecule has 0 unspecified atom stereocenters. The van der Waals surface area contributed by atoms with Gasteiger partial charge in [-0.25, -0.2) is 0 Å². The second kappa shape index (κ2) is 4.53. The van der Waals surface area contributed by atoms with Gasteiger partial charge in [0.1, 0.15) is 5.75 Å². The Morgan fingerprint density at radius 3 is 2.63 bits per heavy atom. The molecule has 0 atom stereocenters. The summed E-state index contributed by atoms with van der Waals surface area (Å²) in [4.78, 5) is 8.16. The average molecular weight is 253 g/mol. The van der Waals surface area contributed by atoms with Crippen LogP contribution in [0.25, 0.3) is 22.5 Å². The Balaban J connectivity index is 2.05. The van der Waals surface area contributed by atoms with Crippen LogP contribution in [-0.2, 0) is 0 Å². The Hall–Kier alpha value is -2.69. The zero-order chi connectivity index (χ0) is 13.2. The summed E-state index contributed by atoms with van der Waals surface area (Å²) in [5, 5.41) is 13.3. The molecular formula is C14H11N3O2. The Morgan fingerprint density at radius 2 is 1.89 bits per heavy atom. The van der Waals surface area contributed by atoms with Crippen LogP contribution in [-0.4, -0.2) is 20.2 Å². The molecule has 94 valence electrons. The molecule has 0 aliphatic heterocycles. The molecule has 0 aliphatic rings. The minimum Gasteiger partial charge on any atom is -0.506 e. The van der Waals surface area contributed by atoms with Crippen LogP contribution in [0.1, 0.15) is 5.89 Å². The number of rotatable bonds is 2. The molecule has 5 heteroatoms. The molecule has 1 aromatic carbocycles. The van der Waals surface area contributed by atoms with E-state index < -0.39 is 0 Å². The second-order valence-electron chi connectivity index (χ2n) is 4.15. The van der Waals surface area contributed by atoms with Crippen LogP contribution in [0.2, 0.25) is 0 Å². The van der Waals surface area contributed by atoms with Gasteiger partial charge in [-0.15, -0.1) is 0 Å². The molecule has 3 rings (SSSR count). The van der Waals surface area contributed by atoms with Gasteiger partial charge in [-0.3, -0.25) is 4.98 Å². The summed E-state index contributed by atoms with van der Waals surface area (Å²) >= 11 is 0. The SMILES string of the molecule is Cc1nc(-c2cccc(-c3cncc(O)c3)c2)no1. The molecule has 1 N–H and O–H groups in total. The third-order valence-electron chi connectivity index (χ3n) is 2.71. The first kappa shape index (κ1) is 11.4. The maximum atomic E-state index is 9.46. The molecule has 0 saturated heterocycles. The van der Waals surface area contributed by atoms with E-state index in [1.807, 2.05) is 24.3 Å². The lowest BCUT2D eigenvalue weighted by Gasteiger charge is -2.03. The van der Waals surface area contributed by atoms with Crippen molar-refractivity contribution >= 4 is 0 Å². The van der Waals surface area contributed by atoms with Crippen LogP contribution in [0.4, 0.5) is 0 Å². The Labute approximate surface area is 109 Å². The summed E-state index contributed by atoms with van der Waals surface area (Å²) in [5.41, 5.74) is 2.63. The van der Waals surface area contributed by atoms with Gasteiger partial charge in [0.15, 0.2) is 0 Å². The Kier molecular flexibility index (Phi) is 2.72. The highest BCUT2D eigenvalue weighted by atomic mass is 16.5. The quantitative estimate of drug-likeness (QED) is 0.760. The summed E-state index contributed by atoms with van der Waals surface area (Å²) in [6, 6.07) is 9.34. The van der Waals surface area contributed by atoms with E-state index in [1.54, 1.807) is 19.2 Å². The van der Waals surface area contributed by atoms with E-state index in [2.05, 4.69) is 15.1 Å². The number of benzene rings is 1. The average Bonchev–Trinajstić information content (AvgIpc) is 2.86. The fraction of sp³-hybridized carbons (Fsp3) is 0.0714. The maximum absolute atomic E-state index is 9.46. The van der Waals surface area contributed by atoms with Crippen LogP contribution in [0.5, 0.6) is 5.75 Å². The fourth-order valence-electron chi connectivity index (χ4n) is 1.84. The number of nitrogens with zero attached hydrogens (tertiary/aromatic N) is 3. The van der Waals surface area contributed by atoms with Crippen molar-refractivity contribution in [3.63, 3.8) is 0 Å². The zero-order valence-corrected chi connectivity index (χ0v) is 10.2. The van der Waals surface area contributed by atoms with Crippen LogP contribution in [0.3, 0.4) is 0 Å². The van der Waals surface area contributed by atoms with E-state index in [0.717, 1.165) is 16.7 Å². The van der Waals surface area contributed by atoms with Crippen LogP contribution in [0.15, 0.2) is 47.2 Å². The van der Waals surface area contributed by atoms with Gasteiger partial charge in [0.05, 0.1) is 6.20 Å². The van der Waals surface area contributed by atoms with E-state index in [-0.39, 0.29) is 5.75 Å². The van der Waals surface area contributed by atoms with Gasteiger partial charge in [-0.1, -0.05) is 23.4 Å². The van der Waals surface area contributed by atoms with Crippen molar-refractivity contribution in [1.82, 2.24) is 15.1 Å². The molecule has 19 heavy (non-hydrogen) atoms. The van der Waals surface area contributed by atoms with E-state index in [1.165, 1.54) is 6.20 Å². The van der Waals surface area contributed by atoms with Gasteiger partial charge in [0.25, 0.3) is 0 Å². The van der Waals surface area contributed by atoms with Crippen molar-refractivity contribution in [2.45, 2.75) is 6.92 Å². The minimum atomic E-state index is 0.137. The number of aryl methyl sites for hydroxylation is 1. The fourth-order valence-corrected chi connectivity index (χ4v) is 1.84. The van der Waals surface area contributed by atoms with Crippen molar-refractivity contribution in [1.29, 1.82) is 0 Å². The number of pyridine rings is 1. The topological polar surface area (TPSA) is 72.0 Å². The molecule has 0 radical (unpaired) electrons. The van der Waals surface area contributed by atoms with E-state index in [0.29, 0.717) is 11.7 Å². The Bertz CT molecular complexity index is 722. The highest BCUT2D eigenvalue weighted by molar-refractivity contribution is 5.70. The highest BCUT2D eigenvalue weighted by Gasteiger charge is 2.07. The lowest BCUT2D eigenvalue weighted by atomic mass is 10.0. The maximum Gasteiger partial charge on any atom is 0.223 e. The van der Waals surface area contributed by atoms with Crippen molar-refractivity contribution in [3.05, 3.63) is 48.6 Å². The molecule has 0 spiro atoms. The standard InChI is InChI=1S/C14H11N3O2/c1-9-16-14(17-19-9)11-4-2-3-10(5-11)12-6-13(18)8-15-7-12/h2-8,18H,1H3. The molecular weight excluding hydrogens is 242 g/mol. The summed E-state index contributed by atoms with van der Waals surface area (Å²) in [7, 11) is 0. The van der Waals surface area contributed by atoms with Crippen molar-refractivity contribution in [2.24, 2.45) is 0 Å². The molecule has 3 aromatic rings. The molecule has 2 aromatic heterocycles. The lowest BCUT2D eigenvalue weighted by molar-refractivity contribution is 0.394. The van der Waals surface area contributed by atoms with Crippen LogP contribution in [0, 0.1) is 6.92 Å². The molecule has 0 amide bonds. The number of hydrogen-bond donors (Lipinski definition) is 1. The number of hydrogen-bond acceptors (Lipinski definition) is 5. The molecule has 0 fully saturated rings. The van der Waals surface area contributed by atoms with Gasteiger partial charge >= 0.3 is 0 Å². The van der Waals surface area contributed by atoms with Gasteiger partial charge in [-0.05, 0) is 17.7 Å². The molecule has 0 aliphatic carbocycles. The monoisotopic (exact) mass is 253 g/mol. The summed E-state index contributed by atoms with van der Waals surface area (Å²) in [6.45, 7) is 1.75. The van der Waals surface area contributed by atoms with E-state index in [9.17, 15) is 5.11 Å². The third kappa shape index (κ3) is 2.30. The number of aromatic hydroxyl groups is 1. The first-order valence-corrected chi connectivity index (χ1v) is 5.77. The lowest BCUT2D eigenvalue weighted by Crippen LogP contribution is -1.84. The third-order valence-corrected chi connectivity index (χ3v) is 2.71. The van der Waals surface area contributed by atoms with Crippen LogP contribution >= 0.6 is 0 Å². The smallest absolute Gasteiger partial charge is 0.223 e. The predicted molar refractivity (Wildman–Crippen MR) is 69.4 cm³/mol. The van der Waals surface area contributed by atoms with Crippen molar-refractivity contribution < 1.29 is 9.63 Å². The largest absolute Gasteiger partial charge is 0.506 e. The molecule has 5 nitrogen and oxygen atoms in total. The van der Waals surface area contributed by atoms with Crippen molar-refractivity contribution in [3.8, 4) is 28.3 Å². The molecule has 2 heterocycles. The van der Waals surface area contributed by atoms with Gasteiger partial charge in [0.2, 0.25) is 11.7 Å². The van der Waals surface area contributed by atoms with Gasteiger partial charge in [0, 0.05) is 24.2 Å². The summed E-state index contributed by atoms with van der Waals surface area (Å²) in [6.07, 6.45) is 3.09. The second-order valence-corrected chi connectivity index (χ2v) is 4.15. The van der Waals surface area contributed by atoms with E-state index in [4.69, 9.17) is 4.52 Å². The Morgan fingerprint density at radius 1 is 1.05 bits per heavy atom. The van der Waals surface area contributed by atoms with Crippen LogP contribution < -0.4 is 0 Å². The van der Waals surface area contributed by atoms with Gasteiger partial charge in [-0.2, -0.15) is 4.98 Å². The minimum absolute atomic E-state index is 0.137. The zero-order valence-electron chi connectivity index (χ0n) is 10.2. The first-order chi connectivity index (χ1) is 9.22.